The Bertz CT molecular complexity index is 2320. The van der Waals surface area contributed by atoms with Gasteiger partial charge in [-0.2, -0.15) is 0 Å². The molecule has 4 heterocycles. The number of amides is 4. The topological polar surface area (TPSA) is 182 Å². The van der Waals surface area contributed by atoms with Gasteiger partial charge in [-0.15, -0.1) is 13.2 Å². The molecule has 3 N–H and O–H groups in total. The third-order valence-corrected chi connectivity index (χ3v) is 15.0. The molecular formula is C42H48F3N5O9S. The molecule has 4 amide bonds. The van der Waals surface area contributed by atoms with E-state index in [-0.39, 0.29) is 38.3 Å². The number of rotatable bonds is 6. The van der Waals surface area contributed by atoms with Crippen LogP contribution in [0.1, 0.15) is 102 Å². The van der Waals surface area contributed by atoms with Gasteiger partial charge >= 0.3 is 12.5 Å². The third-order valence-electron chi connectivity index (χ3n) is 12.8. The predicted molar refractivity (Wildman–Crippen MR) is 210 cm³/mol. The first-order valence-electron chi connectivity index (χ1n) is 20.6. The molecule has 3 aliphatic heterocycles. The maximum absolute atomic E-state index is 14.8. The molecule has 2 aromatic rings. The fraction of sp³-hybridized carbons (Fsp3) is 0.595. The van der Waals surface area contributed by atoms with Gasteiger partial charge < -0.3 is 29.7 Å². The van der Waals surface area contributed by atoms with Gasteiger partial charge in [0.1, 0.15) is 35.3 Å². The first-order valence-corrected chi connectivity index (χ1v) is 22.1. The van der Waals surface area contributed by atoms with E-state index in [4.69, 9.17) is 9.47 Å². The van der Waals surface area contributed by atoms with Crippen LogP contribution in [0.2, 0.25) is 0 Å². The Kier molecular flexibility index (Phi) is 10.7. The van der Waals surface area contributed by atoms with E-state index in [9.17, 15) is 40.8 Å². The lowest BCUT2D eigenvalue weighted by Gasteiger charge is -2.38. The zero-order valence-electron chi connectivity index (χ0n) is 33.4. The van der Waals surface area contributed by atoms with Crippen LogP contribution in [0, 0.1) is 24.7 Å². The van der Waals surface area contributed by atoms with Crippen LogP contribution in [0.4, 0.5) is 18.0 Å². The maximum atomic E-state index is 14.8. The number of carbonyl (C=O) groups excluding carboxylic acids is 4. The van der Waals surface area contributed by atoms with E-state index >= 15 is 0 Å². The number of ether oxygens (including phenoxy) is 3. The minimum absolute atomic E-state index is 0.0834. The van der Waals surface area contributed by atoms with E-state index in [1.54, 1.807) is 13.0 Å². The molecule has 0 radical (unpaired) electrons. The largest absolute Gasteiger partial charge is 0.573 e. The predicted octanol–water partition coefficient (Wildman–Crippen LogP) is 5.15. The molecule has 0 bridgehead atoms. The van der Waals surface area contributed by atoms with E-state index < -0.39 is 79.8 Å². The average molecular weight is 856 g/mol. The molecule has 14 nitrogen and oxygen atoms in total. The van der Waals surface area contributed by atoms with Crippen molar-refractivity contribution in [2.24, 2.45) is 5.92 Å². The summed E-state index contributed by atoms with van der Waals surface area (Å²) in [5, 5.41) is 5.94. The second-order valence-electron chi connectivity index (χ2n) is 17.2. The van der Waals surface area contributed by atoms with Crippen molar-refractivity contribution in [1.29, 1.82) is 0 Å². The number of aryl methyl sites for hydroxylation is 2. The summed E-state index contributed by atoms with van der Waals surface area (Å²) in [5.41, 5.74) is -1.73. The first kappa shape index (κ1) is 41.7. The molecule has 322 valence electrons. The van der Waals surface area contributed by atoms with Crippen LogP contribution in [0.15, 0.2) is 30.4 Å². The second kappa shape index (κ2) is 15.4. The molecule has 18 heteroatoms. The Labute approximate surface area is 345 Å². The van der Waals surface area contributed by atoms with Crippen LogP contribution in [-0.2, 0) is 35.6 Å². The minimum atomic E-state index is -4.91. The number of fused-ring (bicyclic) bond motifs is 5. The lowest BCUT2D eigenvalue weighted by atomic mass is 9.75. The summed E-state index contributed by atoms with van der Waals surface area (Å²) in [4.78, 5) is 62.9. The molecule has 1 aromatic carbocycles. The van der Waals surface area contributed by atoms with E-state index in [0.717, 1.165) is 25.7 Å². The Morgan fingerprint density at radius 1 is 1.07 bits per heavy atom. The SMILES string of the molecule is Cc1nc2ccc(OC(F)(F)F)cc2c2c1O[C@]1(CC2)C[C@H]2C(=O)N[C@]3(C(=O)NS(=O)(=O)C4(C)CC4)C#C[C@H]3/C=C\CCCCC[C@H](NC(=O)OC3CCCC3)C(=O)N2C1. The molecule has 2 saturated carbocycles. The smallest absolute Gasteiger partial charge is 0.483 e. The molecule has 5 atom stereocenters. The standard InChI is InChI=1S/C42H48F3N5O9S/c1-25-34-29(30-22-28(58-42(43,44)45)14-15-31(30)46-25)17-18-40(59-34)23-33-35(51)48-41(37(53)49-60(55,56)39(2)20-21-39)19-16-26(41)10-6-4-3-5-7-13-32(36(52)50(33)24-40)47-38(54)57-27-11-8-9-12-27/h6,10,14-15,22,26-27,32-33H,3-5,7-9,11-13,17-18,20-21,23-24H2,1-2H3,(H,47,54)(H,48,51)(H,49,53)/b10-6-/t26-,32+,33+,40-,41-/m1/s1. The molecule has 6 aliphatic rings. The summed E-state index contributed by atoms with van der Waals surface area (Å²) in [6.45, 7) is 3.10. The third kappa shape index (κ3) is 8.08. The highest BCUT2D eigenvalue weighted by Gasteiger charge is 2.58. The molecule has 8 rings (SSSR count). The van der Waals surface area contributed by atoms with E-state index in [1.165, 1.54) is 30.0 Å². The monoisotopic (exact) mass is 855 g/mol. The number of nitrogens with one attached hydrogen (secondary N) is 3. The average Bonchev–Trinajstić information content (AvgIpc) is 3.55. The molecular weight excluding hydrogens is 808 g/mol. The normalized spacial score (nSPS) is 29.5. The second-order valence-corrected chi connectivity index (χ2v) is 19.4. The summed E-state index contributed by atoms with van der Waals surface area (Å²) < 4.78 is 83.8. The summed E-state index contributed by atoms with van der Waals surface area (Å²) in [5.74, 6) is 2.30. The van der Waals surface area contributed by atoms with Crippen LogP contribution in [0.3, 0.4) is 0 Å². The number of nitrogens with zero attached hydrogens (tertiary/aromatic N) is 2. The van der Waals surface area contributed by atoms with Gasteiger partial charge in [-0.05, 0) is 103 Å². The minimum Gasteiger partial charge on any atom is -0.483 e. The number of hydrogen-bond donors (Lipinski definition) is 3. The van der Waals surface area contributed by atoms with Gasteiger partial charge in [-0.1, -0.05) is 36.8 Å². The Balaban J connectivity index is 1.14. The fourth-order valence-corrected chi connectivity index (χ4v) is 10.3. The van der Waals surface area contributed by atoms with Crippen molar-refractivity contribution in [2.45, 2.75) is 144 Å². The van der Waals surface area contributed by atoms with Crippen molar-refractivity contribution in [3.8, 4) is 23.3 Å². The number of allylic oxidation sites excluding steroid dienone is 1. The molecule has 0 unspecified atom stereocenters. The van der Waals surface area contributed by atoms with Gasteiger partial charge in [0.2, 0.25) is 21.8 Å². The number of pyridine rings is 1. The van der Waals surface area contributed by atoms with Crippen LogP contribution in [0.5, 0.6) is 11.5 Å². The number of halogens is 3. The van der Waals surface area contributed by atoms with Crippen molar-refractivity contribution >= 4 is 44.7 Å². The van der Waals surface area contributed by atoms with E-state index in [2.05, 4.69) is 36.9 Å². The molecule has 1 saturated heterocycles. The van der Waals surface area contributed by atoms with Gasteiger partial charge in [0.05, 0.1) is 28.4 Å². The van der Waals surface area contributed by atoms with Crippen molar-refractivity contribution in [1.82, 2.24) is 25.2 Å². The van der Waals surface area contributed by atoms with Crippen LogP contribution < -0.4 is 24.8 Å². The molecule has 60 heavy (non-hydrogen) atoms. The highest BCUT2D eigenvalue weighted by Crippen LogP contribution is 2.46. The van der Waals surface area contributed by atoms with Crippen molar-refractivity contribution < 1.29 is 55.0 Å². The zero-order valence-corrected chi connectivity index (χ0v) is 34.2. The first-order chi connectivity index (χ1) is 28.4. The number of benzene rings is 1. The summed E-state index contributed by atoms with van der Waals surface area (Å²) >= 11 is 0. The summed E-state index contributed by atoms with van der Waals surface area (Å²) in [6, 6.07) is 1.50. The maximum Gasteiger partial charge on any atom is 0.573 e. The van der Waals surface area contributed by atoms with E-state index in [0.29, 0.717) is 66.4 Å². The van der Waals surface area contributed by atoms with Crippen LogP contribution in [0.25, 0.3) is 10.9 Å². The molecule has 1 aromatic heterocycles. The summed E-state index contributed by atoms with van der Waals surface area (Å²) in [7, 11) is -4.13. The fourth-order valence-electron chi connectivity index (χ4n) is 9.01. The Morgan fingerprint density at radius 3 is 2.52 bits per heavy atom. The Morgan fingerprint density at radius 2 is 1.82 bits per heavy atom. The highest BCUT2D eigenvalue weighted by atomic mass is 32.2. The number of carbonyl (C=O) groups is 4. The van der Waals surface area contributed by atoms with Crippen molar-refractivity contribution in [3.05, 3.63) is 41.6 Å². The van der Waals surface area contributed by atoms with Gasteiger partial charge in [0, 0.05) is 17.4 Å². The molecule has 3 fully saturated rings. The van der Waals surface area contributed by atoms with Crippen molar-refractivity contribution in [3.63, 3.8) is 0 Å². The quantitative estimate of drug-likeness (QED) is 0.260. The van der Waals surface area contributed by atoms with Crippen molar-refractivity contribution in [2.75, 3.05) is 6.54 Å². The number of hydrogen-bond acceptors (Lipinski definition) is 10. The summed E-state index contributed by atoms with van der Waals surface area (Å²) in [6.07, 6.45) is 4.82. The number of aromatic nitrogens is 1. The van der Waals surface area contributed by atoms with Gasteiger partial charge in [0.15, 0.2) is 5.54 Å². The van der Waals surface area contributed by atoms with Crippen LogP contribution >= 0.6 is 0 Å². The number of alkyl carbamates (subject to hydrolysis) is 1. The molecule has 1 spiro atoms. The lowest BCUT2D eigenvalue weighted by Crippen LogP contribution is -2.68. The number of sulfonamides is 1. The van der Waals surface area contributed by atoms with E-state index in [1.807, 2.05) is 6.08 Å². The van der Waals surface area contributed by atoms with Gasteiger partial charge in [0.25, 0.3) is 5.91 Å². The van der Waals surface area contributed by atoms with Crippen LogP contribution in [-0.4, -0.2) is 89.1 Å². The highest BCUT2D eigenvalue weighted by molar-refractivity contribution is 7.91. The zero-order chi connectivity index (χ0) is 42.7. The van der Waals surface area contributed by atoms with Gasteiger partial charge in [-0.3, -0.25) is 14.4 Å². The molecule has 3 aliphatic carbocycles. The Hall–Kier alpha value is -5.05. The van der Waals surface area contributed by atoms with Gasteiger partial charge in [-0.25, -0.2) is 22.9 Å². The number of alkyl halides is 3. The lowest BCUT2D eigenvalue weighted by molar-refractivity contribution is -0.274.